The summed E-state index contributed by atoms with van der Waals surface area (Å²) in [4.78, 5) is 25.0. The first-order valence-corrected chi connectivity index (χ1v) is 8.20. The van der Waals surface area contributed by atoms with E-state index in [0.29, 0.717) is 11.1 Å². The molecule has 2 aromatic rings. The zero-order valence-electron chi connectivity index (χ0n) is 14.6. The Morgan fingerprint density at radius 1 is 0.962 bits per heavy atom. The van der Waals surface area contributed by atoms with Gasteiger partial charge in [0.15, 0.2) is 5.78 Å². The van der Waals surface area contributed by atoms with Crippen LogP contribution in [0.5, 0.6) is 0 Å². The van der Waals surface area contributed by atoms with Gasteiger partial charge in [0.05, 0.1) is 5.70 Å². The van der Waals surface area contributed by atoms with E-state index in [9.17, 15) is 9.59 Å². The highest BCUT2D eigenvalue weighted by molar-refractivity contribution is 6.25. The molecule has 5 heteroatoms. The Bertz CT molecular complexity index is 940. The minimum Gasteiger partial charge on any atom is -0.352 e. The number of carbonyl (C=O) groups is 2. The number of nitrogens with one attached hydrogen (secondary N) is 1. The van der Waals surface area contributed by atoms with Crippen LogP contribution in [0, 0.1) is 0 Å². The molecule has 0 spiro atoms. The smallest absolute Gasteiger partial charge is 0.210 e. The molecule has 0 amide bonds. The number of ketones is 2. The van der Waals surface area contributed by atoms with Crippen LogP contribution in [0.3, 0.4) is 0 Å². The molecule has 5 nitrogen and oxygen atoms in total. The molecule has 2 aromatic carbocycles. The maximum Gasteiger partial charge on any atom is 0.210 e. The lowest BCUT2D eigenvalue weighted by molar-refractivity contribution is 0.0985. The second-order valence-electron chi connectivity index (χ2n) is 5.98. The van der Waals surface area contributed by atoms with Crippen LogP contribution in [0.15, 0.2) is 71.5 Å². The van der Waals surface area contributed by atoms with Gasteiger partial charge in [-0.15, -0.1) is 0 Å². The fourth-order valence-electron chi connectivity index (χ4n) is 2.63. The van der Waals surface area contributed by atoms with Crippen molar-refractivity contribution in [2.75, 3.05) is 19.4 Å². The van der Waals surface area contributed by atoms with E-state index in [-0.39, 0.29) is 17.3 Å². The maximum atomic E-state index is 12.7. The third-order valence-corrected chi connectivity index (χ3v) is 3.85. The summed E-state index contributed by atoms with van der Waals surface area (Å²) in [5.74, 6) is -0.359. The van der Waals surface area contributed by atoms with Gasteiger partial charge in [0.25, 0.3) is 0 Å². The average molecular weight is 345 g/mol. The number of Topliss-reactive ketones (excluding diaryl/α,β-unsaturated/α-hetero) is 1. The van der Waals surface area contributed by atoms with E-state index < -0.39 is 0 Å². The van der Waals surface area contributed by atoms with E-state index in [2.05, 4.69) is 10.4 Å². The average Bonchev–Trinajstić information content (AvgIpc) is 2.64. The molecule has 0 radical (unpaired) electrons. The van der Waals surface area contributed by atoms with Crippen molar-refractivity contribution in [3.8, 4) is 0 Å². The molecule has 0 unspecified atom stereocenters. The van der Waals surface area contributed by atoms with E-state index in [1.54, 1.807) is 35.5 Å². The molecule has 0 bridgehead atoms. The summed E-state index contributed by atoms with van der Waals surface area (Å²) in [6.07, 6.45) is 6.75. The number of carbonyl (C=O) groups excluding carboxylic acids is 2. The van der Waals surface area contributed by atoms with Crippen molar-refractivity contribution in [3.05, 3.63) is 83.1 Å². The van der Waals surface area contributed by atoms with Crippen LogP contribution in [0.1, 0.15) is 26.3 Å². The summed E-state index contributed by atoms with van der Waals surface area (Å²) < 4.78 is 0. The van der Waals surface area contributed by atoms with Gasteiger partial charge in [0.1, 0.15) is 0 Å². The molecule has 1 N–H and O–H groups in total. The fourth-order valence-corrected chi connectivity index (χ4v) is 2.63. The highest BCUT2D eigenvalue weighted by Crippen LogP contribution is 2.24. The van der Waals surface area contributed by atoms with E-state index in [1.807, 2.05) is 50.5 Å². The number of hydrogen-bond acceptors (Lipinski definition) is 5. The van der Waals surface area contributed by atoms with E-state index >= 15 is 0 Å². The quantitative estimate of drug-likeness (QED) is 0.664. The maximum absolute atomic E-state index is 12.7. The number of fused-ring (bicyclic) bond motifs is 1. The molecule has 0 fully saturated rings. The summed E-state index contributed by atoms with van der Waals surface area (Å²) in [5, 5.41) is 8.93. The van der Waals surface area contributed by atoms with Gasteiger partial charge in [-0.05, 0) is 17.7 Å². The molecule has 0 heterocycles. The van der Waals surface area contributed by atoms with Crippen molar-refractivity contribution < 1.29 is 9.59 Å². The first kappa shape index (κ1) is 17.4. The number of allylic oxidation sites excluding steroid dienone is 3. The van der Waals surface area contributed by atoms with Crippen molar-refractivity contribution in [2.45, 2.75) is 0 Å². The molecule has 0 saturated carbocycles. The first-order valence-electron chi connectivity index (χ1n) is 8.20. The molecule has 3 rings (SSSR count). The van der Waals surface area contributed by atoms with E-state index in [4.69, 9.17) is 0 Å². The molecule has 0 saturated heterocycles. The predicted molar refractivity (Wildman–Crippen MR) is 104 cm³/mol. The molecule has 0 aromatic heterocycles. The standard InChI is InChI=1S/C21H19N3O2/c1-24(2)22-13-7-9-15-8-3-6-12-18(15)23-19-14-20(25)16-10-4-5-11-17(16)21(19)26/h3-14,23H,1-2H3/b9-7+,22-13+. The van der Waals surface area contributed by atoms with E-state index in [1.165, 1.54) is 6.08 Å². The Morgan fingerprint density at radius 2 is 1.65 bits per heavy atom. The lowest BCUT2D eigenvalue weighted by Crippen LogP contribution is -2.21. The molecule has 1 aliphatic rings. The van der Waals surface area contributed by atoms with Gasteiger partial charge in [0, 0.05) is 43.2 Å². The summed E-state index contributed by atoms with van der Waals surface area (Å²) in [5.41, 5.74) is 2.77. The number of anilines is 1. The van der Waals surface area contributed by atoms with Crippen LogP contribution >= 0.6 is 0 Å². The van der Waals surface area contributed by atoms with Crippen molar-refractivity contribution in [1.82, 2.24) is 5.01 Å². The number of nitrogens with zero attached hydrogens (tertiary/aromatic N) is 2. The Labute approximate surface area is 152 Å². The van der Waals surface area contributed by atoms with Crippen LogP contribution in [-0.2, 0) is 0 Å². The molecule has 0 aliphatic heterocycles. The van der Waals surface area contributed by atoms with Crippen LogP contribution in [0.2, 0.25) is 0 Å². The van der Waals surface area contributed by atoms with Gasteiger partial charge in [-0.25, -0.2) is 0 Å². The van der Waals surface area contributed by atoms with Crippen LogP contribution in [0.25, 0.3) is 6.08 Å². The monoisotopic (exact) mass is 345 g/mol. The van der Waals surface area contributed by atoms with Gasteiger partial charge in [0.2, 0.25) is 5.78 Å². The molecule has 130 valence electrons. The summed E-state index contributed by atoms with van der Waals surface area (Å²) in [7, 11) is 3.69. The predicted octanol–water partition coefficient (Wildman–Crippen LogP) is 3.62. The molecular weight excluding hydrogens is 326 g/mol. The zero-order valence-corrected chi connectivity index (χ0v) is 14.6. The lowest BCUT2D eigenvalue weighted by Gasteiger charge is -2.17. The van der Waals surface area contributed by atoms with Crippen molar-refractivity contribution in [3.63, 3.8) is 0 Å². The number of rotatable bonds is 5. The second-order valence-corrected chi connectivity index (χ2v) is 5.98. The minimum atomic E-state index is -0.187. The molecule has 26 heavy (non-hydrogen) atoms. The minimum absolute atomic E-state index is 0.172. The van der Waals surface area contributed by atoms with Gasteiger partial charge < -0.3 is 10.3 Å². The fraction of sp³-hybridized carbons (Fsp3) is 0.0952. The Kier molecular flexibility index (Phi) is 5.08. The van der Waals surface area contributed by atoms with Crippen LogP contribution in [-0.4, -0.2) is 36.9 Å². The number of hydrogen-bond donors (Lipinski definition) is 1. The van der Waals surface area contributed by atoms with Crippen LogP contribution in [0.4, 0.5) is 5.69 Å². The second kappa shape index (κ2) is 7.61. The van der Waals surface area contributed by atoms with Crippen molar-refractivity contribution in [1.29, 1.82) is 0 Å². The van der Waals surface area contributed by atoms with Crippen LogP contribution < -0.4 is 5.32 Å². The molecule has 1 aliphatic carbocycles. The molecule has 0 atom stereocenters. The number of hydrazone groups is 1. The number of para-hydroxylation sites is 1. The summed E-state index contributed by atoms with van der Waals surface area (Å²) in [6.45, 7) is 0. The van der Waals surface area contributed by atoms with Gasteiger partial charge in [-0.3, -0.25) is 9.59 Å². The largest absolute Gasteiger partial charge is 0.352 e. The van der Waals surface area contributed by atoms with Gasteiger partial charge in [-0.2, -0.15) is 5.10 Å². The third kappa shape index (κ3) is 3.78. The number of benzene rings is 2. The summed E-state index contributed by atoms with van der Waals surface area (Å²) >= 11 is 0. The Balaban J connectivity index is 1.86. The van der Waals surface area contributed by atoms with Crippen molar-refractivity contribution in [2.24, 2.45) is 5.10 Å². The zero-order chi connectivity index (χ0) is 18.5. The Hall–Kier alpha value is -3.47. The van der Waals surface area contributed by atoms with Gasteiger partial charge in [-0.1, -0.05) is 48.5 Å². The van der Waals surface area contributed by atoms with Gasteiger partial charge >= 0.3 is 0 Å². The van der Waals surface area contributed by atoms with E-state index in [0.717, 1.165) is 11.3 Å². The topological polar surface area (TPSA) is 61.8 Å². The highest BCUT2D eigenvalue weighted by atomic mass is 16.1. The highest BCUT2D eigenvalue weighted by Gasteiger charge is 2.25. The van der Waals surface area contributed by atoms with Crippen molar-refractivity contribution >= 4 is 29.5 Å². The SMILES string of the molecule is CN(C)/N=C/C=C/c1ccccc1NC1=CC(=O)c2ccccc2C1=O. The normalized spacial score (nSPS) is 13.8. The summed E-state index contributed by atoms with van der Waals surface area (Å²) in [6, 6.07) is 14.4. The Morgan fingerprint density at radius 3 is 2.42 bits per heavy atom. The lowest BCUT2D eigenvalue weighted by atomic mass is 9.92. The third-order valence-electron chi connectivity index (χ3n) is 3.85. The molecular formula is C21H19N3O2. The first-order chi connectivity index (χ1) is 12.6.